The fourth-order valence-electron chi connectivity index (χ4n) is 2.89. The van der Waals surface area contributed by atoms with Crippen LogP contribution in [0, 0.1) is 6.92 Å². The number of aryl methyl sites for hydroxylation is 1. The number of hydrogen-bond donors (Lipinski definition) is 3. The molecule has 2 amide bonds. The van der Waals surface area contributed by atoms with Crippen molar-refractivity contribution in [1.82, 2.24) is 20.4 Å². The molecule has 30 heavy (non-hydrogen) atoms. The van der Waals surface area contributed by atoms with Crippen molar-refractivity contribution in [3.63, 3.8) is 0 Å². The Morgan fingerprint density at radius 1 is 1.23 bits per heavy atom. The number of aromatic nitrogens is 2. The zero-order valence-corrected chi connectivity index (χ0v) is 17.3. The zero-order chi connectivity index (χ0) is 22.0. The van der Waals surface area contributed by atoms with Crippen LogP contribution in [0.5, 0.6) is 0 Å². The van der Waals surface area contributed by atoms with Gasteiger partial charge in [0.15, 0.2) is 0 Å². The number of carbonyl (C=O) groups is 3. The first-order valence-corrected chi connectivity index (χ1v) is 10.1. The number of nitrogens with zero attached hydrogens (tertiary/aromatic N) is 3. The number of piperidine rings is 1. The van der Waals surface area contributed by atoms with Crippen LogP contribution in [0.25, 0.3) is 6.08 Å². The molecule has 1 aromatic heterocycles. The van der Waals surface area contributed by atoms with Crippen LogP contribution >= 0.6 is 11.3 Å². The molecule has 1 saturated heterocycles. The van der Waals surface area contributed by atoms with E-state index in [1.54, 1.807) is 11.0 Å². The van der Waals surface area contributed by atoms with E-state index in [2.05, 4.69) is 15.5 Å². The molecule has 1 aliphatic rings. The second-order valence-corrected chi connectivity index (χ2v) is 7.87. The van der Waals surface area contributed by atoms with Crippen molar-refractivity contribution in [3.05, 3.63) is 52.0 Å². The first-order valence-electron chi connectivity index (χ1n) is 9.27. The van der Waals surface area contributed by atoms with Crippen molar-refractivity contribution >= 4 is 35.7 Å². The summed E-state index contributed by atoms with van der Waals surface area (Å²) in [6, 6.07) is 9.58. The quantitative estimate of drug-likeness (QED) is 0.478. The summed E-state index contributed by atoms with van der Waals surface area (Å²) in [5.41, 5.74) is -0.509. The molecule has 0 aliphatic carbocycles. The number of nitrogens with one attached hydrogen (secondary N) is 1. The van der Waals surface area contributed by atoms with E-state index in [1.165, 1.54) is 17.4 Å². The Morgan fingerprint density at radius 2 is 1.87 bits per heavy atom. The molecule has 3 N–H and O–H groups in total. The van der Waals surface area contributed by atoms with Crippen LogP contribution in [0.4, 0.5) is 0 Å². The maximum Gasteiger partial charge on any atom is 0.290 e. The minimum Gasteiger partial charge on any atom is -0.483 e. The van der Waals surface area contributed by atoms with Crippen LogP contribution in [-0.2, 0) is 20.9 Å². The van der Waals surface area contributed by atoms with Gasteiger partial charge in [0.2, 0.25) is 5.91 Å². The van der Waals surface area contributed by atoms with Gasteiger partial charge in [0, 0.05) is 32.0 Å². The summed E-state index contributed by atoms with van der Waals surface area (Å²) in [4.78, 5) is 34.7. The third-order valence-electron chi connectivity index (χ3n) is 4.51. The number of carbonyl (C=O) groups excluding carboxylic acids is 2. The molecule has 0 saturated carbocycles. The second kappa shape index (κ2) is 11.2. The highest BCUT2D eigenvalue weighted by molar-refractivity contribution is 7.11. The molecule has 3 rings (SSSR count). The topological polar surface area (TPSA) is 133 Å². The van der Waals surface area contributed by atoms with Crippen molar-refractivity contribution in [2.45, 2.75) is 31.9 Å². The van der Waals surface area contributed by atoms with E-state index >= 15 is 0 Å². The molecule has 1 aromatic carbocycles. The normalized spacial score (nSPS) is 15.2. The van der Waals surface area contributed by atoms with E-state index in [0.29, 0.717) is 18.1 Å². The molecule has 2 aromatic rings. The lowest BCUT2D eigenvalue weighted by Crippen LogP contribution is -2.54. The summed E-state index contributed by atoms with van der Waals surface area (Å²) in [6.45, 7) is 2.50. The van der Waals surface area contributed by atoms with E-state index in [4.69, 9.17) is 9.90 Å². The van der Waals surface area contributed by atoms with Crippen LogP contribution in [0.3, 0.4) is 0 Å². The number of likely N-dealkylation sites (tertiary alicyclic amines) is 1. The van der Waals surface area contributed by atoms with Gasteiger partial charge in [0.25, 0.3) is 12.4 Å². The summed E-state index contributed by atoms with van der Waals surface area (Å²) in [5.74, 6) is -0.548. The Labute approximate surface area is 178 Å². The van der Waals surface area contributed by atoms with Crippen LogP contribution in [0.15, 0.2) is 36.4 Å². The molecule has 10 heteroatoms. The Morgan fingerprint density at radius 3 is 2.43 bits per heavy atom. The number of rotatable bonds is 5. The number of amides is 2. The van der Waals surface area contributed by atoms with Crippen molar-refractivity contribution in [2.75, 3.05) is 13.1 Å². The summed E-state index contributed by atoms with van der Waals surface area (Å²) in [5, 5.41) is 29.6. The fraction of sp³-hybridized carbons (Fsp3) is 0.350. The maximum atomic E-state index is 12.4. The third kappa shape index (κ3) is 6.75. The monoisotopic (exact) mass is 432 g/mol. The largest absolute Gasteiger partial charge is 0.483 e. The molecule has 1 aliphatic heterocycles. The smallest absolute Gasteiger partial charge is 0.290 e. The number of benzene rings is 1. The van der Waals surface area contributed by atoms with Crippen LogP contribution in [-0.4, -0.2) is 62.3 Å². The van der Waals surface area contributed by atoms with E-state index in [1.807, 2.05) is 37.3 Å². The first kappa shape index (κ1) is 23.2. The lowest BCUT2D eigenvalue weighted by Gasteiger charge is -2.36. The average Bonchev–Trinajstić information content (AvgIpc) is 3.17. The number of hydrogen-bond acceptors (Lipinski definition) is 7. The van der Waals surface area contributed by atoms with Gasteiger partial charge < -0.3 is 20.4 Å². The summed E-state index contributed by atoms with van der Waals surface area (Å²) >= 11 is 1.40. The Kier molecular flexibility index (Phi) is 8.63. The van der Waals surface area contributed by atoms with Gasteiger partial charge in [-0.1, -0.05) is 41.7 Å². The predicted molar refractivity (Wildman–Crippen MR) is 111 cm³/mol. The molecule has 0 bridgehead atoms. The minimum absolute atomic E-state index is 0.120. The Bertz CT molecular complexity index is 876. The van der Waals surface area contributed by atoms with Crippen molar-refractivity contribution in [1.29, 1.82) is 0 Å². The lowest BCUT2D eigenvalue weighted by molar-refractivity contribution is -0.148. The van der Waals surface area contributed by atoms with E-state index < -0.39 is 11.5 Å². The van der Waals surface area contributed by atoms with Crippen molar-refractivity contribution < 1.29 is 24.6 Å². The second-order valence-electron chi connectivity index (χ2n) is 6.60. The lowest BCUT2D eigenvalue weighted by atomic mass is 9.90. The van der Waals surface area contributed by atoms with Gasteiger partial charge in [-0.3, -0.25) is 14.4 Å². The molecule has 0 atom stereocenters. The van der Waals surface area contributed by atoms with E-state index in [-0.39, 0.29) is 31.8 Å². The Balaban J connectivity index is 0.00000101. The van der Waals surface area contributed by atoms with Gasteiger partial charge in [-0.25, -0.2) is 0 Å². The number of aliphatic hydroxyl groups is 1. The van der Waals surface area contributed by atoms with Gasteiger partial charge in [-0.15, -0.1) is 10.2 Å². The first-order chi connectivity index (χ1) is 14.4. The molecular formula is C20H24N4O5S. The van der Waals surface area contributed by atoms with Gasteiger partial charge in [-0.2, -0.15) is 0 Å². The van der Waals surface area contributed by atoms with Crippen LogP contribution in [0.1, 0.15) is 28.4 Å². The highest BCUT2D eigenvalue weighted by Gasteiger charge is 2.40. The molecule has 9 nitrogen and oxygen atoms in total. The molecule has 160 valence electrons. The minimum atomic E-state index is -1.46. The molecular weight excluding hydrogens is 408 g/mol. The molecule has 1 fully saturated rings. The standard InChI is InChI=1S/C19H22N4O3S.CH2O2/c1-14-21-22-16(27-14)13-20-18(25)19(26)9-11-23(12-10-19)17(24)8-7-15-5-3-2-4-6-15;2-1-3/h2-8,26H,9-13H2,1H3,(H,20,25);1H,(H,2,3). The van der Waals surface area contributed by atoms with Gasteiger partial charge >= 0.3 is 0 Å². The van der Waals surface area contributed by atoms with Gasteiger partial charge in [0.05, 0.1) is 6.54 Å². The Hall–Kier alpha value is -3.11. The molecule has 0 spiro atoms. The SMILES string of the molecule is Cc1nnc(CNC(=O)C2(O)CCN(C(=O)C=Cc3ccccc3)CC2)s1.O=CO. The van der Waals surface area contributed by atoms with E-state index in [9.17, 15) is 14.7 Å². The van der Waals surface area contributed by atoms with Crippen LogP contribution < -0.4 is 5.32 Å². The van der Waals surface area contributed by atoms with Crippen molar-refractivity contribution in [2.24, 2.45) is 0 Å². The fourth-order valence-corrected chi connectivity index (χ4v) is 3.54. The molecule has 2 heterocycles. The number of carboxylic acid groups (broad SMARTS) is 1. The third-order valence-corrected chi connectivity index (χ3v) is 5.35. The van der Waals surface area contributed by atoms with Crippen LogP contribution in [0.2, 0.25) is 0 Å². The van der Waals surface area contributed by atoms with E-state index in [0.717, 1.165) is 10.6 Å². The highest BCUT2D eigenvalue weighted by atomic mass is 32.1. The summed E-state index contributed by atoms with van der Waals surface area (Å²) in [7, 11) is 0. The van der Waals surface area contributed by atoms with Gasteiger partial charge in [-0.05, 0) is 18.6 Å². The average molecular weight is 433 g/mol. The highest BCUT2D eigenvalue weighted by Crippen LogP contribution is 2.23. The summed E-state index contributed by atoms with van der Waals surface area (Å²) < 4.78 is 0. The van der Waals surface area contributed by atoms with Crippen molar-refractivity contribution in [3.8, 4) is 0 Å². The summed E-state index contributed by atoms with van der Waals surface area (Å²) in [6.07, 6.45) is 3.70. The predicted octanol–water partition coefficient (Wildman–Crippen LogP) is 1.23. The molecule has 0 unspecified atom stereocenters. The molecule has 0 radical (unpaired) electrons. The maximum absolute atomic E-state index is 12.4. The zero-order valence-electron chi connectivity index (χ0n) is 16.5. The van der Waals surface area contributed by atoms with Gasteiger partial charge in [0.1, 0.15) is 15.6 Å².